The molecule has 0 saturated heterocycles. The van der Waals surface area contributed by atoms with Gasteiger partial charge in [-0.15, -0.1) is 4.20 Å². The molecule has 0 amide bonds. The Bertz CT molecular complexity index is 115. The molecule has 3 N–H and O–H groups in total. The average Bonchev–Trinajstić information content (AvgIpc) is 1.27. The minimum atomic E-state index is -5.14. The smallest absolute Gasteiger partial charge is 0.299 e. The Morgan fingerprint density at radius 1 is 1.75 bits per heavy atom. The lowest BCUT2D eigenvalue weighted by molar-refractivity contribution is 0.322. The van der Waals surface area contributed by atoms with E-state index in [1.54, 1.807) is 5.87 Å². The summed E-state index contributed by atoms with van der Waals surface area (Å²) >= 11 is 0. The molecular weight excluding hydrogens is 136 g/mol. The van der Waals surface area contributed by atoms with E-state index in [1.807, 2.05) is 0 Å². The summed E-state index contributed by atoms with van der Waals surface area (Å²) in [6, 6.07) is 0. The van der Waals surface area contributed by atoms with Gasteiger partial charge in [-0.25, -0.2) is 4.57 Å². The number of rotatable bonds is 0. The number of hydrogen-bond donors (Lipinski definition) is 3. The van der Waals surface area contributed by atoms with Crippen LogP contribution in [0.25, 0.3) is 0 Å². The van der Waals surface area contributed by atoms with Gasteiger partial charge in [-0.05, 0) is 12.4 Å². The molecule has 48 valence electrons. The Morgan fingerprint density at radius 3 is 1.75 bits per heavy atom. The van der Waals surface area contributed by atoms with Gasteiger partial charge in [0.2, 0.25) is 0 Å². The lowest BCUT2D eigenvalue weighted by Gasteiger charge is -1.77. The van der Waals surface area contributed by atoms with Gasteiger partial charge in [0.25, 0.3) is 0 Å². The maximum Gasteiger partial charge on any atom is 0.507 e. The third-order valence-electron chi connectivity index (χ3n) is 0. The van der Waals surface area contributed by atoms with Crippen molar-refractivity contribution in [3.05, 3.63) is 6.58 Å². The molecule has 0 aliphatic heterocycles. The van der Waals surface area contributed by atoms with E-state index in [2.05, 4.69) is 6.58 Å². The van der Waals surface area contributed by atoms with Crippen molar-refractivity contribution in [2.75, 3.05) is 0 Å². The van der Waals surface area contributed by atoms with E-state index in [1.165, 1.54) is 0 Å². The van der Waals surface area contributed by atoms with E-state index < -0.39 is 7.91 Å². The monoisotopic (exact) mass is 141 g/mol. The molecule has 0 rings (SSSR count). The standard InChI is InChI=1S/C2H3N.FH2O3P/c1-2-3;1-5(2,3)4/h3H,1H2;(H2,2,3,4). The molecule has 8 heavy (non-hydrogen) atoms. The molecule has 0 unspecified atom stereocenters. The highest BCUT2D eigenvalue weighted by Gasteiger charge is 2.04. The molecule has 0 heterocycles. The van der Waals surface area contributed by atoms with Crippen LogP contribution in [0.15, 0.2) is 6.58 Å². The molecule has 0 spiro atoms. The zero-order chi connectivity index (χ0) is 7.21. The summed E-state index contributed by atoms with van der Waals surface area (Å²) in [5.74, 6) is 1.75. The van der Waals surface area contributed by atoms with E-state index in [0.29, 0.717) is 0 Å². The van der Waals surface area contributed by atoms with Crippen molar-refractivity contribution < 1.29 is 18.5 Å². The van der Waals surface area contributed by atoms with Gasteiger partial charge in [-0.2, -0.15) is 0 Å². The van der Waals surface area contributed by atoms with Gasteiger partial charge >= 0.3 is 7.91 Å². The van der Waals surface area contributed by atoms with Gasteiger partial charge in [-0.3, -0.25) is 15.2 Å². The molecule has 6 heteroatoms. The fourth-order valence-electron chi connectivity index (χ4n) is 0. The third-order valence-corrected chi connectivity index (χ3v) is 0. The van der Waals surface area contributed by atoms with Crippen LogP contribution >= 0.6 is 7.91 Å². The molecule has 0 aliphatic carbocycles. The highest BCUT2D eigenvalue weighted by atomic mass is 31.2. The minimum absolute atomic E-state index is 1.75. The number of hydrogen-bond acceptors (Lipinski definition) is 2. The summed E-state index contributed by atoms with van der Waals surface area (Å²) in [7, 11) is -5.14. The Labute approximate surface area is 45.4 Å². The van der Waals surface area contributed by atoms with Crippen molar-refractivity contribution in [1.82, 2.24) is 0 Å². The van der Waals surface area contributed by atoms with Crippen LogP contribution in [0, 0.1) is 5.41 Å². The first-order valence-corrected chi connectivity index (χ1v) is 2.86. The second-order valence-electron chi connectivity index (χ2n) is 0.650. The van der Waals surface area contributed by atoms with E-state index in [0.717, 1.165) is 0 Å². The van der Waals surface area contributed by atoms with Gasteiger partial charge in [0.1, 0.15) is 0 Å². The predicted octanol–water partition coefficient (Wildman–Crippen LogP) is 0.469. The zero-order valence-electron chi connectivity index (χ0n) is 3.83. The number of nitrogens with one attached hydrogen (secondary N) is 1. The van der Waals surface area contributed by atoms with Crippen LogP contribution in [0.3, 0.4) is 0 Å². The Hall–Kier alpha value is -0.470. The van der Waals surface area contributed by atoms with E-state index >= 15 is 0 Å². The molecule has 0 bridgehead atoms. The Balaban J connectivity index is 0. The predicted molar refractivity (Wildman–Crippen MR) is 26.5 cm³/mol. The minimum Gasteiger partial charge on any atom is -0.299 e. The van der Waals surface area contributed by atoms with Crippen molar-refractivity contribution in [3.63, 3.8) is 0 Å². The van der Waals surface area contributed by atoms with Crippen LogP contribution in [-0.4, -0.2) is 15.7 Å². The van der Waals surface area contributed by atoms with E-state index in [-0.39, 0.29) is 0 Å². The van der Waals surface area contributed by atoms with Crippen LogP contribution in [0.4, 0.5) is 4.20 Å². The maximum absolute atomic E-state index is 10.4. The highest BCUT2D eigenvalue weighted by molar-refractivity contribution is 7.45. The molecule has 0 fully saturated rings. The lowest BCUT2D eigenvalue weighted by Crippen LogP contribution is -1.56. The third kappa shape index (κ3) is 514. The SMILES string of the molecule is C=C=N.O=P(O)(O)F. The van der Waals surface area contributed by atoms with Crippen LogP contribution < -0.4 is 0 Å². The first-order chi connectivity index (χ1) is 3.41. The summed E-state index contributed by atoms with van der Waals surface area (Å²) in [5, 5.41) is 5.85. The van der Waals surface area contributed by atoms with E-state index in [9.17, 15) is 4.20 Å². The quantitative estimate of drug-likeness (QED) is 0.338. The summed E-state index contributed by atoms with van der Waals surface area (Å²) in [4.78, 5) is 13.9. The second kappa shape index (κ2) is 4.68. The zero-order valence-corrected chi connectivity index (χ0v) is 4.73. The van der Waals surface area contributed by atoms with E-state index in [4.69, 9.17) is 19.8 Å². The van der Waals surface area contributed by atoms with Crippen molar-refractivity contribution in [3.8, 4) is 0 Å². The van der Waals surface area contributed by atoms with Gasteiger partial charge in [0, 0.05) is 0 Å². The highest BCUT2D eigenvalue weighted by Crippen LogP contribution is 2.34. The van der Waals surface area contributed by atoms with Gasteiger partial charge in [-0.1, -0.05) is 0 Å². The molecule has 0 saturated carbocycles. The summed E-state index contributed by atoms with van der Waals surface area (Å²) < 4.78 is 19.0. The maximum atomic E-state index is 10.4. The van der Waals surface area contributed by atoms with Gasteiger partial charge in [0.15, 0.2) is 0 Å². The van der Waals surface area contributed by atoms with Crippen LogP contribution in [0.5, 0.6) is 0 Å². The first kappa shape index (κ1) is 10.5. The molecule has 4 nitrogen and oxygen atoms in total. The average molecular weight is 141 g/mol. The fraction of sp³-hybridized carbons (Fsp3) is 0. The fourth-order valence-corrected chi connectivity index (χ4v) is 0. The summed E-state index contributed by atoms with van der Waals surface area (Å²) in [5.41, 5.74) is 0. The normalized spacial score (nSPS) is 8.38. The Morgan fingerprint density at radius 2 is 1.75 bits per heavy atom. The lowest BCUT2D eigenvalue weighted by atomic mass is 11.2. The van der Waals surface area contributed by atoms with Crippen molar-refractivity contribution in [1.29, 1.82) is 5.41 Å². The number of halogens is 1. The van der Waals surface area contributed by atoms with Crippen molar-refractivity contribution in [2.45, 2.75) is 0 Å². The molecular formula is C2H5FNO3P. The molecule has 0 aromatic rings. The first-order valence-electron chi connectivity index (χ1n) is 1.36. The molecule has 0 aromatic heterocycles. The second-order valence-corrected chi connectivity index (χ2v) is 1.60. The summed E-state index contributed by atoms with van der Waals surface area (Å²) in [6.45, 7) is 2.90. The Kier molecular flexibility index (Phi) is 6.15. The molecule has 0 radical (unpaired) electrons. The largest absolute Gasteiger partial charge is 0.507 e. The van der Waals surface area contributed by atoms with Crippen LogP contribution in [-0.2, 0) is 4.57 Å². The summed E-state index contributed by atoms with van der Waals surface area (Å²) in [6.07, 6.45) is 0. The van der Waals surface area contributed by atoms with Crippen LogP contribution in [0.2, 0.25) is 0 Å². The van der Waals surface area contributed by atoms with Gasteiger partial charge in [0.05, 0.1) is 0 Å². The topological polar surface area (TPSA) is 81.4 Å². The molecule has 0 aromatic carbocycles. The van der Waals surface area contributed by atoms with Crippen molar-refractivity contribution in [2.24, 2.45) is 0 Å². The van der Waals surface area contributed by atoms with Crippen molar-refractivity contribution >= 4 is 13.8 Å². The van der Waals surface area contributed by atoms with Gasteiger partial charge < -0.3 is 0 Å². The van der Waals surface area contributed by atoms with Crippen LogP contribution in [0.1, 0.15) is 0 Å². The molecule has 0 atom stereocenters. The molecule has 0 aliphatic rings.